The summed E-state index contributed by atoms with van der Waals surface area (Å²) in [6, 6.07) is 0.609. The maximum absolute atomic E-state index is 8.79. The highest BCUT2D eigenvalue weighted by atomic mass is 16.4. The minimum Gasteiger partial charge on any atom is -0.409 e. The average Bonchev–Trinajstić information content (AvgIpc) is 2.66. The SMILES string of the molecule is CCC(C(N)=NO)N1CCCC1CN(C)C. The predicted octanol–water partition coefficient (Wildman–Crippen LogP) is 0.537. The maximum atomic E-state index is 8.79. The van der Waals surface area contributed by atoms with Crippen LogP contribution in [0, 0.1) is 0 Å². The molecule has 0 aromatic heterocycles. The third kappa shape index (κ3) is 3.09. The summed E-state index contributed by atoms with van der Waals surface area (Å²) < 4.78 is 0. The van der Waals surface area contributed by atoms with Gasteiger partial charge in [0.15, 0.2) is 5.84 Å². The summed E-state index contributed by atoms with van der Waals surface area (Å²) in [5, 5.41) is 11.9. The molecule has 2 unspecified atom stereocenters. The molecular formula is C11H24N4O. The van der Waals surface area contributed by atoms with E-state index < -0.39 is 0 Å². The molecule has 1 fully saturated rings. The van der Waals surface area contributed by atoms with Crippen molar-refractivity contribution in [2.45, 2.75) is 38.3 Å². The van der Waals surface area contributed by atoms with Gasteiger partial charge in [-0.15, -0.1) is 0 Å². The van der Waals surface area contributed by atoms with Gasteiger partial charge in [-0.2, -0.15) is 0 Å². The van der Waals surface area contributed by atoms with Crippen molar-refractivity contribution < 1.29 is 5.21 Å². The second-order valence-corrected chi connectivity index (χ2v) is 4.75. The van der Waals surface area contributed by atoms with Crippen LogP contribution in [0.5, 0.6) is 0 Å². The van der Waals surface area contributed by atoms with Crippen LogP contribution in [-0.4, -0.2) is 60.1 Å². The van der Waals surface area contributed by atoms with E-state index in [1.54, 1.807) is 0 Å². The van der Waals surface area contributed by atoms with Gasteiger partial charge in [-0.1, -0.05) is 12.1 Å². The maximum Gasteiger partial charge on any atom is 0.156 e. The van der Waals surface area contributed by atoms with Crippen molar-refractivity contribution in [3.8, 4) is 0 Å². The lowest BCUT2D eigenvalue weighted by molar-refractivity contribution is 0.178. The van der Waals surface area contributed by atoms with E-state index in [9.17, 15) is 0 Å². The van der Waals surface area contributed by atoms with Crippen molar-refractivity contribution in [3.05, 3.63) is 0 Å². The van der Waals surface area contributed by atoms with E-state index in [0.717, 1.165) is 19.5 Å². The highest BCUT2D eigenvalue weighted by molar-refractivity contribution is 5.85. The van der Waals surface area contributed by atoms with E-state index in [2.05, 4.69) is 36.0 Å². The highest BCUT2D eigenvalue weighted by Crippen LogP contribution is 2.22. The van der Waals surface area contributed by atoms with Crippen LogP contribution in [0.3, 0.4) is 0 Å². The molecule has 16 heavy (non-hydrogen) atoms. The fraction of sp³-hybridized carbons (Fsp3) is 0.909. The summed E-state index contributed by atoms with van der Waals surface area (Å²) in [5.74, 6) is 0.341. The van der Waals surface area contributed by atoms with Gasteiger partial charge >= 0.3 is 0 Å². The van der Waals surface area contributed by atoms with Crippen LogP contribution >= 0.6 is 0 Å². The Morgan fingerprint density at radius 2 is 2.31 bits per heavy atom. The van der Waals surface area contributed by atoms with Crippen LogP contribution in [0.2, 0.25) is 0 Å². The summed E-state index contributed by atoms with van der Waals surface area (Å²) >= 11 is 0. The Morgan fingerprint density at radius 1 is 1.62 bits per heavy atom. The summed E-state index contributed by atoms with van der Waals surface area (Å²) in [7, 11) is 4.17. The first kappa shape index (κ1) is 13.3. The van der Waals surface area contributed by atoms with Crippen molar-refractivity contribution in [1.29, 1.82) is 0 Å². The highest BCUT2D eigenvalue weighted by Gasteiger charge is 2.32. The Hall–Kier alpha value is -0.810. The van der Waals surface area contributed by atoms with Crippen molar-refractivity contribution in [2.75, 3.05) is 27.2 Å². The van der Waals surface area contributed by atoms with Crippen molar-refractivity contribution in [1.82, 2.24) is 9.80 Å². The van der Waals surface area contributed by atoms with Crippen LogP contribution in [0.4, 0.5) is 0 Å². The molecule has 0 aromatic carbocycles. The topological polar surface area (TPSA) is 65.1 Å². The van der Waals surface area contributed by atoms with Gasteiger partial charge in [0.05, 0.1) is 6.04 Å². The van der Waals surface area contributed by atoms with Crippen LogP contribution in [0.15, 0.2) is 5.16 Å². The smallest absolute Gasteiger partial charge is 0.156 e. The van der Waals surface area contributed by atoms with Gasteiger partial charge < -0.3 is 15.8 Å². The first-order valence-electron chi connectivity index (χ1n) is 5.98. The van der Waals surface area contributed by atoms with Crippen molar-refractivity contribution in [3.63, 3.8) is 0 Å². The molecule has 1 saturated heterocycles. The lowest BCUT2D eigenvalue weighted by Gasteiger charge is -2.33. The molecular weight excluding hydrogens is 204 g/mol. The van der Waals surface area contributed by atoms with Gasteiger partial charge in [-0.05, 0) is 39.9 Å². The largest absolute Gasteiger partial charge is 0.409 e. The van der Waals surface area contributed by atoms with Gasteiger partial charge in [0.25, 0.3) is 0 Å². The van der Waals surface area contributed by atoms with E-state index in [0.29, 0.717) is 11.9 Å². The van der Waals surface area contributed by atoms with E-state index in [1.807, 2.05) is 0 Å². The zero-order chi connectivity index (χ0) is 12.1. The van der Waals surface area contributed by atoms with Crippen LogP contribution in [0.1, 0.15) is 26.2 Å². The number of nitrogens with zero attached hydrogens (tertiary/aromatic N) is 3. The Kier molecular flexibility index (Phi) is 5.02. The molecule has 1 aliphatic rings. The fourth-order valence-corrected chi connectivity index (χ4v) is 2.57. The fourth-order valence-electron chi connectivity index (χ4n) is 2.57. The molecule has 0 radical (unpaired) electrons. The van der Waals surface area contributed by atoms with Gasteiger partial charge in [0, 0.05) is 12.6 Å². The van der Waals surface area contributed by atoms with E-state index in [-0.39, 0.29) is 6.04 Å². The standard InChI is InChI=1S/C11H24N4O/c1-4-10(11(12)13-16)15-7-5-6-9(15)8-14(2)3/h9-10,16H,4-8H2,1-3H3,(H2,12,13). The zero-order valence-corrected chi connectivity index (χ0v) is 10.6. The minimum atomic E-state index is 0.0810. The van der Waals surface area contributed by atoms with Crippen LogP contribution in [-0.2, 0) is 0 Å². The number of nitrogens with two attached hydrogens (primary N) is 1. The molecule has 1 heterocycles. The minimum absolute atomic E-state index is 0.0810. The zero-order valence-electron chi connectivity index (χ0n) is 10.6. The van der Waals surface area contributed by atoms with Gasteiger partial charge in [-0.3, -0.25) is 4.90 Å². The Labute approximate surface area is 97.9 Å². The molecule has 0 aliphatic carbocycles. The van der Waals surface area contributed by atoms with E-state index >= 15 is 0 Å². The molecule has 0 aromatic rings. The van der Waals surface area contributed by atoms with Crippen molar-refractivity contribution >= 4 is 5.84 Å². The third-order valence-corrected chi connectivity index (χ3v) is 3.24. The third-order valence-electron chi connectivity index (χ3n) is 3.24. The second kappa shape index (κ2) is 6.06. The number of rotatable bonds is 5. The Bertz CT molecular complexity index is 242. The summed E-state index contributed by atoms with van der Waals surface area (Å²) in [4.78, 5) is 4.57. The van der Waals surface area contributed by atoms with Gasteiger partial charge in [0.1, 0.15) is 0 Å². The number of hydrogen-bond donors (Lipinski definition) is 2. The molecule has 94 valence electrons. The monoisotopic (exact) mass is 228 g/mol. The van der Waals surface area contributed by atoms with E-state index in [1.165, 1.54) is 12.8 Å². The molecule has 1 rings (SSSR count). The molecule has 1 aliphatic heterocycles. The summed E-state index contributed by atoms with van der Waals surface area (Å²) in [5.41, 5.74) is 5.75. The predicted molar refractivity (Wildman–Crippen MR) is 65.8 cm³/mol. The summed E-state index contributed by atoms with van der Waals surface area (Å²) in [6.45, 7) is 4.16. The first-order valence-corrected chi connectivity index (χ1v) is 5.98. The van der Waals surface area contributed by atoms with E-state index in [4.69, 9.17) is 10.9 Å². The number of hydrogen-bond acceptors (Lipinski definition) is 4. The second-order valence-electron chi connectivity index (χ2n) is 4.75. The molecule has 5 nitrogen and oxygen atoms in total. The first-order chi connectivity index (χ1) is 7.60. The number of likely N-dealkylation sites (tertiary alicyclic amines) is 1. The molecule has 0 amide bonds. The molecule has 0 bridgehead atoms. The normalized spacial score (nSPS) is 25.2. The summed E-state index contributed by atoms with van der Waals surface area (Å²) in [6.07, 6.45) is 3.29. The quantitative estimate of drug-likeness (QED) is 0.312. The van der Waals surface area contributed by atoms with Gasteiger partial charge in [0.2, 0.25) is 0 Å². The lowest BCUT2D eigenvalue weighted by Crippen LogP contribution is -2.49. The van der Waals surface area contributed by atoms with Gasteiger partial charge in [-0.25, -0.2) is 0 Å². The lowest BCUT2D eigenvalue weighted by atomic mass is 10.1. The molecule has 5 heteroatoms. The number of oxime groups is 1. The number of likely N-dealkylation sites (N-methyl/N-ethyl adjacent to an activating group) is 1. The Balaban J connectivity index is 2.68. The van der Waals surface area contributed by atoms with Crippen LogP contribution < -0.4 is 5.73 Å². The molecule has 0 spiro atoms. The Morgan fingerprint density at radius 3 is 2.81 bits per heavy atom. The molecule has 0 saturated carbocycles. The average molecular weight is 228 g/mol. The number of amidine groups is 1. The molecule has 3 N–H and O–H groups in total. The van der Waals surface area contributed by atoms with Crippen molar-refractivity contribution in [2.24, 2.45) is 10.9 Å². The molecule has 2 atom stereocenters. The van der Waals surface area contributed by atoms with Crippen LogP contribution in [0.25, 0.3) is 0 Å².